The van der Waals surface area contributed by atoms with Crippen molar-refractivity contribution in [2.45, 2.75) is 82.3 Å². The maximum absolute atomic E-state index is 14.6. The fourth-order valence-corrected chi connectivity index (χ4v) is 7.24. The first-order valence-corrected chi connectivity index (χ1v) is 14.9. The molecule has 0 radical (unpaired) electrons. The number of benzene rings is 1. The summed E-state index contributed by atoms with van der Waals surface area (Å²) in [7, 11) is 0. The van der Waals surface area contributed by atoms with Crippen molar-refractivity contribution in [2.24, 2.45) is 11.8 Å². The first-order chi connectivity index (χ1) is 20.3. The molecule has 11 heteroatoms. The largest absolute Gasteiger partial charge is 0.465 e. The second kappa shape index (κ2) is 12.0. The standard InChI is InChI=1S/C31H41N5O6/c1-5-8-9-12-18-41-29(40)25-24-27(38)36(21(4)19-37)26(31(24)16-15-30(25,7-3)42-31)28(39)34(17-6-2)20-35-23-14-11-10-13-22(23)32-33-35/h5-6,10-11,13-14,21,24-26,37H,1-2,7-9,12,15-20H2,3-4H3/t21-,24+,25+,26?,30-,31?/m1/s1. The molecule has 42 heavy (non-hydrogen) atoms. The monoisotopic (exact) mass is 579 g/mol. The van der Waals surface area contributed by atoms with Crippen LogP contribution in [-0.2, 0) is 30.5 Å². The summed E-state index contributed by atoms with van der Waals surface area (Å²) in [4.78, 5) is 45.5. The number of ether oxygens (including phenoxy) is 2. The zero-order valence-corrected chi connectivity index (χ0v) is 24.5. The molecule has 1 aromatic carbocycles. The second-order valence-electron chi connectivity index (χ2n) is 11.6. The number of hydrogen-bond donors (Lipinski definition) is 1. The van der Waals surface area contributed by atoms with E-state index in [-0.39, 0.29) is 38.2 Å². The number of nitrogens with zero attached hydrogens (tertiary/aromatic N) is 5. The number of aliphatic hydroxyl groups excluding tert-OH is 1. The lowest BCUT2D eigenvalue weighted by atomic mass is 9.65. The van der Waals surface area contributed by atoms with Gasteiger partial charge in [-0.3, -0.25) is 14.4 Å². The summed E-state index contributed by atoms with van der Waals surface area (Å²) in [6.45, 7) is 11.4. The van der Waals surface area contributed by atoms with E-state index in [1.165, 1.54) is 4.90 Å². The van der Waals surface area contributed by atoms with E-state index in [1.54, 1.807) is 22.6 Å². The van der Waals surface area contributed by atoms with Crippen molar-refractivity contribution in [3.05, 3.63) is 49.6 Å². The van der Waals surface area contributed by atoms with Crippen molar-refractivity contribution in [3.63, 3.8) is 0 Å². The van der Waals surface area contributed by atoms with Crippen LogP contribution in [0.4, 0.5) is 0 Å². The summed E-state index contributed by atoms with van der Waals surface area (Å²) >= 11 is 0. The van der Waals surface area contributed by atoms with Gasteiger partial charge in [-0.05, 0) is 57.6 Å². The number of hydrogen-bond acceptors (Lipinski definition) is 8. The number of amides is 2. The molecule has 11 nitrogen and oxygen atoms in total. The van der Waals surface area contributed by atoms with Crippen LogP contribution in [0.25, 0.3) is 11.0 Å². The van der Waals surface area contributed by atoms with Crippen molar-refractivity contribution in [1.82, 2.24) is 24.8 Å². The van der Waals surface area contributed by atoms with Gasteiger partial charge in [-0.15, -0.1) is 18.3 Å². The van der Waals surface area contributed by atoms with E-state index < -0.39 is 41.1 Å². The average Bonchev–Trinajstić information content (AvgIpc) is 3.73. The van der Waals surface area contributed by atoms with Crippen LogP contribution >= 0.6 is 0 Å². The first kappa shape index (κ1) is 29.9. The van der Waals surface area contributed by atoms with Gasteiger partial charge in [0, 0.05) is 6.54 Å². The molecule has 3 saturated heterocycles. The molecule has 1 spiro atoms. The predicted octanol–water partition coefficient (Wildman–Crippen LogP) is 2.84. The van der Waals surface area contributed by atoms with Crippen molar-refractivity contribution in [3.8, 4) is 0 Å². The number of likely N-dealkylation sites (tertiary alicyclic amines) is 1. The first-order valence-electron chi connectivity index (χ1n) is 14.9. The van der Waals surface area contributed by atoms with Crippen molar-refractivity contribution in [1.29, 1.82) is 0 Å². The van der Waals surface area contributed by atoms with Crippen LogP contribution in [-0.4, -0.2) is 90.7 Å². The van der Waals surface area contributed by atoms with E-state index in [0.717, 1.165) is 18.4 Å². The number of aliphatic hydroxyl groups is 1. The van der Waals surface area contributed by atoms with Crippen LogP contribution in [0.5, 0.6) is 0 Å². The minimum Gasteiger partial charge on any atom is -0.465 e. The highest BCUT2D eigenvalue weighted by Crippen LogP contribution is 2.64. The van der Waals surface area contributed by atoms with Crippen LogP contribution in [0, 0.1) is 11.8 Å². The summed E-state index contributed by atoms with van der Waals surface area (Å²) < 4.78 is 14.1. The molecule has 2 unspecified atom stereocenters. The number of carbonyl (C=O) groups excluding carboxylic acids is 3. The lowest BCUT2D eigenvalue weighted by molar-refractivity contribution is -0.163. The Morgan fingerprint density at radius 3 is 2.76 bits per heavy atom. The van der Waals surface area contributed by atoms with E-state index in [0.29, 0.717) is 31.2 Å². The number of allylic oxidation sites excluding steroid dienone is 1. The SMILES string of the molecule is C=CCCCCOC(=O)[C@@H]1[C@H]2C(=O)N([C@H](C)CO)C(C(=O)N(CC=C)Cn3nnc4ccccc43)C23CC[C@@]1(CC)O3. The lowest BCUT2D eigenvalue weighted by Gasteiger charge is -2.38. The molecule has 2 bridgehead atoms. The number of unbranched alkanes of at least 4 members (excludes halogenated alkanes) is 2. The molecule has 2 aromatic rings. The Kier molecular flexibility index (Phi) is 8.52. The molecule has 1 aromatic heterocycles. The van der Waals surface area contributed by atoms with Gasteiger partial charge in [-0.25, -0.2) is 4.68 Å². The van der Waals surface area contributed by atoms with Crippen molar-refractivity contribution < 1.29 is 29.0 Å². The Labute approximate surface area is 246 Å². The van der Waals surface area contributed by atoms with Crippen LogP contribution in [0.2, 0.25) is 0 Å². The fraction of sp³-hybridized carbons (Fsp3) is 0.581. The van der Waals surface area contributed by atoms with Crippen molar-refractivity contribution >= 4 is 28.8 Å². The zero-order valence-electron chi connectivity index (χ0n) is 24.5. The molecule has 2 amide bonds. The van der Waals surface area contributed by atoms with Gasteiger partial charge in [0.2, 0.25) is 11.8 Å². The number of carbonyl (C=O) groups is 3. The Morgan fingerprint density at radius 2 is 2.05 bits per heavy atom. The highest BCUT2D eigenvalue weighted by atomic mass is 16.6. The van der Waals surface area contributed by atoms with E-state index in [2.05, 4.69) is 23.5 Å². The highest BCUT2D eigenvalue weighted by molar-refractivity contribution is 5.98. The molecule has 0 aliphatic carbocycles. The quantitative estimate of drug-likeness (QED) is 0.206. The summed E-state index contributed by atoms with van der Waals surface area (Å²) in [6.07, 6.45) is 7.30. The van der Waals surface area contributed by atoms with Crippen LogP contribution in [0.1, 0.15) is 52.4 Å². The van der Waals surface area contributed by atoms with Gasteiger partial charge in [0.15, 0.2) is 0 Å². The minimum atomic E-state index is -1.22. The maximum Gasteiger partial charge on any atom is 0.312 e. The van der Waals surface area contributed by atoms with E-state index >= 15 is 0 Å². The summed E-state index contributed by atoms with van der Waals surface area (Å²) in [5.41, 5.74) is -0.652. The van der Waals surface area contributed by atoms with Gasteiger partial charge in [0.25, 0.3) is 0 Å². The van der Waals surface area contributed by atoms with Crippen molar-refractivity contribution in [2.75, 3.05) is 19.8 Å². The van der Waals surface area contributed by atoms with Crippen LogP contribution < -0.4 is 0 Å². The van der Waals surface area contributed by atoms with Gasteiger partial charge in [-0.1, -0.05) is 36.4 Å². The summed E-state index contributed by atoms with van der Waals surface area (Å²) in [6, 6.07) is 5.76. The topological polar surface area (TPSA) is 127 Å². The van der Waals surface area contributed by atoms with E-state index in [1.807, 2.05) is 37.3 Å². The average molecular weight is 580 g/mol. The second-order valence-corrected chi connectivity index (χ2v) is 11.6. The summed E-state index contributed by atoms with van der Waals surface area (Å²) in [5, 5.41) is 18.6. The Hall–Kier alpha value is -3.57. The molecule has 5 rings (SSSR count). The van der Waals surface area contributed by atoms with Gasteiger partial charge in [0.1, 0.15) is 29.7 Å². The third kappa shape index (κ3) is 4.72. The molecule has 0 saturated carbocycles. The van der Waals surface area contributed by atoms with Crippen LogP contribution in [0.15, 0.2) is 49.6 Å². The minimum absolute atomic E-state index is 0.0766. The molecule has 226 valence electrons. The third-order valence-electron chi connectivity index (χ3n) is 9.28. The Balaban J connectivity index is 1.49. The zero-order chi connectivity index (χ0) is 30.1. The fourth-order valence-electron chi connectivity index (χ4n) is 7.24. The predicted molar refractivity (Wildman–Crippen MR) is 155 cm³/mol. The molecule has 3 fully saturated rings. The molecular weight excluding hydrogens is 538 g/mol. The smallest absolute Gasteiger partial charge is 0.312 e. The third-order valence-corrected chi connectivity index (χ3v) is 9.28. The highest BCUT2D eigenvalue weighted by Gasteiger charge is 2.79. The number of rotatable bonds is 14. The maximum atomic E-state index is 14.6. The molecule has 3 aliphatic rings. The number of para-hydroxylation sites is 1. The molecule has 1 N–H and O–H groups in total. The number of fused-ring (bicyclic) bond motifs is 2. The summed E-state index contributed by atoms with van der Waals surface area (Å²) in [5.74, 6) is -2.88. The number of aromatic nitrogens is 3. The van der Waals surface area contributed by atoms with E-state index in [4.69, 9.17) is 9.47 Å². The normalized spacial score (nSPS) is 28.6. The molecule has 3 aliphatic heterocycles. The Bertz CT molecular complexity index is 1360. The molecular formula is C31H41N5O6. The van der Waals surface area contributed by atoms with Gasteiger partial charge in [0.05, 0.1) is 36.3 Å². The van der Waals surface area contributed by atoms with Gasteiger partial charge in [-0.2, -0.15) is 0 Å². The van der Waals surface area contributed by atoms with Gasteiger partial charge >= 0.3 is 5.97 Å². The van der Waals surface area contributed by atoms with Crippen LogP contribution in [0.3, 0.4) is 0 Å². The van der Waals surface area contributed by atoms with Gasteiger partial charge < -0.3 is 24.4 Å². The number of esters is 1. The Morgan fingerprint density at radius 1 is 1.26 bits per heavy atom. The molecule has 4 heterocycles. The lowest BCUT2D eigenvalue weighted by Crippen LogP contribution is -2.58. The van der Waals surface area contributed by atoms with E-state index in [9.17, 15) is 19.5 Å². The molecule has 6 atom stereocenters.